The summed E-state index contributed by atoms with van der Waals surface area (Å²) in [6, 6.07) is 3.77. The fraction of sp³-hybridized carbons (Fsp3) is 0.200. The van der Waals surface area contributed by atoms with Gasteiger partial charge in [0.2, 0.25) is 0 Å². The standard InChI is InChI=1S/C10H8BrClOS/c11-3-7-5-14-10-6(4-13)1-8(12)2-9(7)10/h1-2,5,13H,3-4H2. The number of rotatable bonds is 2. The van der Waals surface area contributed by atoms with Crippen molar-refractivity contribution in [3.8, 4) is 0 Å². The SMILES string of the molecule is OCc1cc(Cl)cc2c(CBr)csc12. The summed E-state index contributed by atoms with van der Waals surface area (Å²) in [4.78, 5) is 0. The van der Waals surface area contributed by atoms with Gasteiger partial charge in [-0.15, -0.1) is 11.3 Å². The molecule has 0 saturated carbocycles. The minimum atomic E-state index is 0.0410. The Hall–Kier alpha value is -0.0900. The van der Waals surface area contributed by atoms with E-state index in [9.17, 15) is 5.11 Å². The molecule has 0 aliphatic heterocycles. The van der Waals surface area contributed by atoms with Crippen molar-refractivity contribution < 1.29 is 5.11 Å². The van der Waals surface area contributed by atoms with Crippen LogP contribution in [0.1, 0.15) is 11.1 Å². The largest absolute Gasteiger partial charge is 0.392 e. The van der Waals surface area contributed by atoms with Crippen LogP contribution < -0.4 is 0 Å². The number of hydrogen-bond donors (Lipinski definition) is 1. The molecule has 1 nitrogen and oxygen atoms in total. The molecule has 1 aromatic carbocycles. The lowest BCUT2D eigenvalue weighted by Gasteiger charge is -2.01. The van der Waals surface area contributed by atoms with Crippen molar-refractivity contribution >= 4 is 49.0 Å². The van der Waals surface area contributed by atoms with Gasteiger partial charge >= 0.3 is 0 Å². The van der Waals surface area contributed by atoms with E-state index in [0.717, 1.165) is 21.0 Å². The summed E-state index contributed by atoms with van der Waals surface area (Å²) in [5.74, 6) is 0. The monoisotopic (exact) mass is 290 g/mol. The average Bonchev–Trinajstić information content (AvgIpc) is 2.59. The van der Waals surface area contributed by atoms with Crippen LogP contribution >= 0.6 is 38.9 Å². The van der Waals surface area contributed by atoms with Crippen LogP contribution in [-0.2, 0) is 11.9 Å². The van der Waals surface area contributed by atoms with Crippen molar-refractivity contribution in [1.82, 2.24) is 0 Å². The molecule has 1 heterocycles. The van der Waals surface area contributed by atoms with Crippen molar-refractivity contribution in [1.29, 1.82) is 0 Å². The number of halogens is 2. The van der Waals surface area contributed by atoms with Crippen LogP contribution in [0, 0.1) is 0 Å². The van der Waals surface area contributed by atoms with Gasteiger partial charge in [0.15, 0.2) is 0 Å². The van der Waals surface area contributed by atoms with Gasteiger partial charge in [0.05, 0.1) is 6.61 Å². The third-order valence-electron chi connectivity index (χ3n) is 2.11. The number of aliphatic hydroxyl groups is 1. The van der Waals surface area contributed by atoms with Gasteiger partial charge in [-0.1, -0.05) is 27.5 Å². The van der Waals surface area contributed by atoms with E-state index in [0.29, 0.717) is 5.02 Å². The lowest BCUT2D eigenvalue weighted by molar-refractivity contribution is 0.283. The molecule has 2 aromatic rings. The van der Waals surface area contributed by atoms with Crippen LogP contribution in [0.4, 0.5) is 0 Å². The molecule has 0 saturated heterocycles. The maximum Gasteiger partial charge on any atom is 0.0696 e. The Balaban J connectivity index is 2.76. The molecule has 2 rings (SSSR count). The third kappa shape index (κ3) is 1.70. The number of thiophene rings is 1. The molecule has 0 aliphatic carbocycles. The fourth-order valence-electron chi connectivity index (χ4n) is 1.44. The molecule has 0 unspecified atom stereocenters. The zero-order chi connectivity index (χ0) is 10.1. The van der Waals surface area contributed by atoms with E-state index in [4.69, 9.17) is 11.6 Å². The first kappa shape index (κ1) is 10.4. The predicted octanol–water partition coefficient (Wildman–Crippen LogP) is 3.94. The maximum absolute atomic E-state index is 9.18. The minimum Gasteiger partial charge on any atom is -0.392 e. The van der Waals surface area contributed by atoms with Crippen molar-refractivity contribution in [3.63, 3.8) is 0 Å². The molecule has 1 aromatic heterocycles. The normalized spacial score (nSPS) is 11.1. The van der Waals surface area contributed by atoms with Crippen LogP contribution in [0.25, 0.3) is 10.1 Å². The van der Waals surface area contributed by atoms with Gasteiger partial charge in [-0.2, -0.15) is 0 Å². The Labute approximate surface area is 99.4 Å². The predicted molar refractivity (Wildman–Crippen MR) is 65.4 cm³/mol. The van der Waals surface area contributed by atoms with Gasteiger partial charge in [0.25, 0.3) is 0 Å². The first-order chi connectivity index (χ1) is 6.76. The van der Waals surface area contributed by atoms with Crippen LogP contribution in [0.2, 0.25) is 5.02 Å². The number of alkyl halides is 1. The topological polar surface area (TPSA) is 20.2 Å². The highest BCUT2D eigenvalue weighted by molar-refractivity contribution is 9.08. The van der Waals surface area contributed by atoms with Crippen molar-refractivity contribution in [2.45, 2.75) is 11.9 Å². The quantitative estimate of drug-likeness (QED) is 0.831. The Bertz CT molecular complexity index is 466. The summed E-state index contributed by atoms with van der Waals surface area (Å²) in [6.45, 7) is 0.0410. The van der Waals surface area contributed by atoms with Crippen LogP contribution in [-0.4, -0.2) is 5.11 Å². The molecular weight excluding hydrogens is 284 g/mol. The van der Waals surface area contributed by atoms with Gasteiger partial charge in [0, 0.05) is 15.1 Å². The molecule has 0 fully saturated rings. The summed E-state index contributed by atoms with van der Waals surface area (Å²) in [7, 11) is 0. The highest BCUT2D eigenvalue weighted by Gasteiger charge is 2.08. The Morgan fingerprint density at radius 3 is 2.79 bits per heavy atom. The average molecular weight is 292 g/mol. The molecule has 4 heteroatoms. The Morgan fingerprint density at radius 2 is 2.14 bits per heavy atom. The number of fused-ring (bicyclic) bond motifs is 1. The number of hydrogen-bond acceptors (Lipinski definition) is 2. The van der Waals surface area contributed by atoms with Gasteiger partial charge in [-0.3, -0.25) is 0 Å². The minimum absolute atomic E-state index is 0.0410. The molecule has 0 aliphatic rings. The molecule has 0 spiro atoms. The zero-order valence-corrected chi connectivity index (χ0v) is 10.4. The second-order valence-corrected chi connectivity index (χ2v) is 4.87. The van der Waals surface area contributed by atoms with Crippen LogP contribution in [0.3, 0.4) is 0 Å². The number of benzene rings is 1. The first-order valence-corrected chi connectivity index (χ1v) is 6.49. The fourth-order valence-corrected chi connectivity index (χ4v) is 3.42. The summed E-state index contributed by atoms with van der Waals surface area (Å²) < 4.78 is 1.13. The Morgan fingerprint density at radius 1 is 1.36 bits per heavy atom. The summed E-state index contributed by atoms with van der Waals surface area (Å²) in [5.41, 5.74) is 2.13. The van der Waals surface area contributed by atoms with Crippen LogP contribution in [0.5, 0.6) is 0 Å². The molecule has 14 heavy (non-hydrogen) atoms. The van der Waals surface area contributed by atoms with E-state index in [2.05, 4.69) is 21.3 Å². The molecule has 0 amide bonds. The van der Waals surface area contributed by atoms with E-state index < -0.39 is 0 Å². The van der Waals surface area contributed by atoms with E-state index in [1.54, 1.807) is 11.3 Å². The van der Waals surface area contributed by atoms with E-state index >= 15 is 0 Å². The molecular formula is C10H8BrClOS. The highest BCUT2D eigenvalue weighted by Crippen LogP contribution is 2.33. The van der Waals surface area contributed by atoms with Gasteiger partial charge in [-0.25, -0.2) is 0 Å². The summed E-state index contributed by atoms with van der Waals surface area (Å²) in [6.07, 6.45) is 0. The van der Waals surface area contributed by atoms with E-state index in [1.807, 2.05) is 12.1 Å². The lowest BCUT2D eigenvalue weighted by Crippen LogP contribution is -1.83. The molecule has 0 atom stereocenters. The second-order valence-electron chi connectivity index (χ2n) is 2.99. The van der Waals surface area contributed by atoms with Gasteiger partial charge in [0.1, 0.15) is 0 Å². The molecule has 74 valence electrons. The maximum atomic E-state index is 9.18. The zero-order valence-electron chi connectivity index (χ0n) is 7.26. The third-order valence-corrected chi connectivity index (χ3v) is 4.05. The summed E-state index contributed by atoms with van der Waals surface area (Å²) >= 11 is 11.0. The van der Waals surface area contributed by atoms with Crippen molar-refractivity contribution in [2.24, 2.45) is 0 Å². The van der Waals surface area contributed by atoms with E-state index in [-0.39, 0.29) is 6.61 Å². The highest BCUT2D eigenvalue weighted by atomic mass is 79.9. The second kappa shape index (κ2) is 4.19. The first-order valence-electron chi connectivity index (χ1n) is 4.11. The van der Waals surface area contributed by atoms with Gasteiger partial charge < -0.3 is 5.11 Å². The molecule has 0 bridgehead atoms. The molecule has 0 radical (unpaired) electrons. The van der Waals surface area contributed by atoms with E-state index in [1.165, 1.54) is 5.56 Å². The lowest BCUT2D eigenvalue weighted by atomic mass is 10.1. The summed E-state index contributed by atoms with van der Waals surface area (Å²) in [5, 5.41) is 13.9. The van der Waals surface area contributed by atoms with Gasteiger partial charge in [-0.05, 0) is 34.0 Å². The van der Waals surface area contributed by atoms with Crippen LogP contribution in [0.15, 0.2) is 17.5 Å². The van der Waals surface area contributed by atoms with Crippen molar-refractivity contribution in [3.05, 3.63) is 33.7 Å². The number of aliphatic hydroxyl groups excluding tert-OH is 1. The smallest absolute Gasteiger partial charge is 0.0696 e. The Kier molecular flexibility index (Phi) is 3.12. The van der Waals surface area contributed by atoms with Crippen molar-refractivity contribution in [2.75, 3.05) is 0 Å². The molecule has 1 N–H and O–H groups in total.